The van der Waals surface area contributed by atoms with Gasteiger partial charge < -0.3 is 14.2 Å². The maximum Gasteiger partial charge on any atom is 0.161 e. The van der Waals surface area contributed by atoms with E-state index in [2.05, 4.69) is 17.9 Å². The van der Waals surface area contributed by atoms with Gasteiger partial charge in [0.2, 0.25) is 0 Å². The highest BCUT2D eigenvalue weighted by Gasteiger charge is 2.08. The van der Waals surface area contributed by atoms with Gasteiger partial charge in [0.15, 0.2) is 11.5 Å². The van der Waals surface area contributed by atoms with Crippen molar-refractivity contribution in [3.8, 4) is 11.5 Å². The minimum atomic E-state index is 0.767. The Morgan fingerprint density at radius 1 is 1.05 bits per heavy atom. The number of hydrogen-bond acceptors (Lipinski definition) is 4. The van der Waals surface area contributed by atoms with Crippen molar-refractivity contribution in [3.05, 3.63) is 23.8 Å². The van der Waals surface area contributed by atoms with Crippen molar-refractivity contribution in [2.45, 2.75) is 20.4 Å². The molecule has 1 rings (SSSR count). The smallest absolute Gasteiger partial charge is 0.161 e. The Labute approximate surface area is 116 Å². The maximum atomic E-state index is 5.40. The first-order chi connectivity index (χ1) is 9.24. The Morgan fingerprint density at radius 3 is 2.37 bits per heavy atom. The monoisotopic (exact) mass is 267 g/mol. The van der Waals surface area contributed by atoms with Crippen LogP contribution in [0.1, 0.15) is 19.4 Å². The molecule has 19 heavy (non-hydrogen) atoms. The quantitative estimate of drug-likeness (QED) is 0.643. The molecule has 0 saturated carbocycles. The molecule has 1 aromatic rings. The molecule has 4 heteroatoms. The second-order valence-electron chi connectivity index (χ2n) is 4.26. The number of hydrogen-bond donors (Lipinski definition) is 0. The van der Waals surface area contributed by atoms with E-state index in [9.17, 15) is 0 Å². The molecule has 0 N–H and O–H groups in total. The van der Waals surface area contributed by atoms with Gasteiger partial charge in [-0.15, -0.1) is 0 Å². The van der Waals surface area contributed by atoms with Crippen LogP contribution in [0.25, 0.3) is 0 Å². The third kappa shape index (κ3) is 5.09. The lowest BCUT2D eigenvalue weighted by molar-refractivity contribution is 0.113. The van der Waals surface area contributed by atoms with Crippen molar-refractivity contribution >= 4 is 0 Å². The van der Waals surface area contributed by atoms with Gasteiger partial charge in [0.1, 0.15) is 0 Å². The van der Waals surface area contributed by atoms with Gasteiger partial charge in [0.25, 0.3) is 0 Å². The van der Waals surface area contributed by atoms with Gasteiger partial charge in [-0.2, -0.15) is 0 Å². The number of methoxy groups -OCH3 is 2. The first kappa shape index (κ1) is 15.8. The molecule has 0 unspecified atom stereocenters. The molecule has 0 aromatic heterocycles. The molecule has 0 aliphatic rings. The van der Waals surface area contributed by atoms with Crippen molar-refractivity contribution in [3.63, 3.8) is 0 Å². The van der Waals surface area contributed by atoms with Crippen LogP contribution in [0.3, 0.4) is 0 Å². The Hall–Kier alpha value is -1.26. The zero-order valence-corrected chi connectivity index (χ0v) is 12.4. The lowest BCUT2D eigenvalue weighted by Gasteiger charge is -2.20. The number of nitrogens with zero attached hydrogens (tertiary/aromatic N) is 1. The third-order valence-electron chi connectivity index (χ3n) is 3.06. The van der Waals surface area contributed by atoms with Gasteiger partial charge in [0, 0.05) is 19.7 Å². The fourth-order valence-electron chi connectivity index (χ4n) is 1.92. The molecule has 0 aliphatic carbocycles. The van der Waals surface area contributed by atoms with Crippen LogP contribution in [0.2, 0.25) is 0 Å². The van der Waals surface area contributed by atoms with E-state index in [1.54, 1.807) is 14.2 Å². The lowest BCUT2D eigenvalue weighted by atomic mass is 10.2. The van der Waals surface area contributed by atoms with Crippen LogP contribution < -0.4 is 9.47 Å². The van der Waals surface area contributed by atoms with Gasteiger partial charge in [-0.3, -0.25) is 4.90 Å². The highest BCUT2D eigenvalue weighted by molar-refractivity contribution is 5.42. The van der Waals surface area contributed by atoms with E-state index in [0.717, 1.165) is 44.3 Å². The molecule has 0 amide bonds. The Balaban J connectivity index is 2.63. The summed E-state index contributed by atoms with van der Waals surface area (Å²) >= 11 is 0. The Kier molecular flexibility index (Phi) is 7.30. The third-order valence-corrected chi connectivity index (χ3v) is 3.06. The predicted octanol–water partition coefficient (Wildman–Crippen LogP) is 2.56. The molecular weight excluding hydrogens is 242 g/mol. The molecule has 0 atom stereocenters. The second kappa shape index (κ2) is 8.77. The normalized spacial score (nSPS) is 10.8. The molecule has 108 valence electrons. The fraction of sp³-hybridized carbons (Fsp3) is 0.600. The SMILES string of the molecule is CCOCCN(CC)Cc1ccc(OC)c(OC)c1. The fourth-order valence-corrected chi connectivity index (χ4v) is 1.92. The van der Waals surface area contributed by atoms with Crippen LogP contribution in [-0.4, -0.2) is 45.4 Å². The van der Waals surface area contributed by atoms with Gasteiger partial charge >= 0.3 is 0 Å². The number of rotatable bonds is 9. The minimum Gasteiger partial charge on any atom is -0.493 e. The van der Waals surface area contributed by atoms with E-state index >= 15 is 0 Å². The summed E-state index contributed by atoms with van der Waals surface area (Å²) in [5.41, 5.74) is 1.22. The molecular formula is C15H25NO3. The van der Waals surface area contributed by atoms with E-state index in [0.29, 0.717) is 0 Å². The zero-order valence-electron chi connectivity index (χ0n) is 12.4. The summed E-state index contributed by atoms with van der Waals surface area (Å²) in [4.78, 5) is 2.34. The van der Waals surface area contributed by atoms with Gasteiger partial charge in [-0.1, -0.05) is 13.0 Å². The zero-order chi connectivity index (χ0) is 14.1. The lowest BCUT2D eigenvalue weighted by Crippen LogP contribution is -2.27. The van der Waals surface area contributed by atoms with E-state index in [1.807, 2.05) is 19.1 Å². The van der Waals surface area contributed by atoms with Crippen molar-refractivity contribution in [1.82, 2.24) is 4.90 Å². The van der Waals surface area contributed by atoms with Crippen LogP contribution in [0, 0.1) is 0 Å². The van der Waals surface area contributed by atoms with Crippen LogP contribution in [0.5, 0.6) is 11.5 Å². The highest BCUT2D eigenvalue weighted by atomic mass is 16.5. The summed E-state index contributed by atoms with van der Waals surface area (Å²) in [6.07, 6.45) is 0. The summed E-state index contributed by atoms with van der Waals surface area (Å²) in [7, 11) is 3.31. The standard InChI is InChI=1S/C15H25NO3/c1-5-16(9-10-19-6-2)12-13-7-8-14(17-3)15(11-13)18-4/h7-8,11H,5-6,9-10,12H2,1-4H3. The predicted molar refractivity (Wildman–Crippen MR) is 77.0 cm³/mol. The summed E-state index contributed by atoms with van der Waals surface area (Å²) in [5.74, 6) is 1.55. The number of ether oxygens (including phenoxy) is 3. The van der Waals surface area contributed by atoms with Gasteiger partial charge in [-0.05, 0) is 31.2 Å². The molecule has 0 spiro atoms. The summed E-state index contributed by atoms with van der Waals surface area (Å²) in [6, 6.07) is 6.05. The van der Waals surface area contributed by atoms with Crippen molar-refractivity contribution in [2.24, 2.45) is 0 Å². The molecule has 4 nitrogen and oxygen atoms in total. The Bertz CT molecular complexity index is 368. The molecule has 0 saturated heterocycles. The first-order valence-corrected chi connectivity index (χ1v) is 6.76. The van der Waals surface area contributed by atoms with Crippen molar-refractivity contribution < 1.29 is 14.2 Å². The molecule has 0 bridgehead atoms. The number of likely N-dealkylation sites (N-methyl/N-ethyl adjacent to an activating group) is 1. The first-order valence-electron chi connectivity index (χ1n) is 6.76. The summed E-state index contributed by atoms with van der Waals surface area (Å²) < 4.78 is 16.0. The largest absolute Gasteiger partial charge is 0.493 e. The second-order valence-corrected chi connectivity index (χ2v) is 4.26. The van der Waals surface area contributed by atoms with E-state index in [4.69, 9.17) is 14.2 Å². The molecule has 0 radical (unpaired) electrons. The number of benzene rings is 1. The van der Waals surface area contributed by atoms with Crippen molar-refractivity contribution in [2.75, 3.05) is 40.5 Å². The van der Waals surface area contributed by atoms with Crippen molar-refractivity contribution in [1.29, 1.82) is 0 Å². The van der Waals surface area contributed by atoms with E-state index in [1.165, 1.54) is 5.56 Å². The Morgan fingerprint density at radius 2 is 1.79 bits per heavy atom. The summed E-state index contributed by atoms with van der Waals surface area (Å²) in [5, 5.41) is 0. The maximum absolute atomic E-state index is 5.40. The average molecular weight is 267 g/mol. The van der Waals surface area contributed by atoms with E-state index < -0.39 is 0 Å². The minimum absolute atomic E-state index is 0.767. The van der Waals surface area contributed by atoms with Gasteiger partial charge in [0.05, 0.1) is 20.8 Å². The topological polar surface area (TPSA) is 30.9 Å². The van der Waals surface area contributed by atoms with Gasteiger partial charge in [-0.25, -0.2) is 0 Å². The van der Waals surface area contributed by atoms with Crippen LogP contribution in [0.4, 0.5) is 0 Å². The van der Waals surface area contributed by atoms with E-state index in [-0.39, 0.29) is 0 Å². The molecule has 1 aromatic carbocycles. The highest BCUT2D eigenvalue weighted by Crippen LogP contribution is 2.27. The summed E-state index contributed by atoms with van der Waals surface area (Å²) in [6.45, 7) is 8.56. The average Bonchev–Trinajstić information content (AvgIpc) is 2.46. The van der Waals surface area contributed by atoms with Crippen LogP contribution >= 0.6 is 0 Å². The molecule has 0 heterocycles. The molecule has 0 aliphatic heterocycles. The van der Waals surface area contributed by atoms with Crippen LogP contribution in [0.15, 0.2) is 18.2 Å². The van der Waals surface area contributed by atoms with Crippen LogP contribution in [-0.2, 0) is 11.3 Å². The molecule has 0 fully saturated rings.